The standard InChI is InChI=1S/C30H40O7/c1-15-8-7-11-27(4)12-9-18(14-20(15)27)16(2)25(31)36-23-24-30(37-24)22(29(23,6)34)21-19(10-13-28(30,5)33)17(3)26(32)35-21/h18-24,33-34H,1-3,7-14H2,4-6H3. The smallest absolute Gasteiger partial charge is 0.334 e. The molecule has 7 heteroatoms. The Morgan fingerprint density at radius 3 is 2.57 bits per heavy atom. The number of rotatable bonds is 3. The first-order chi connectivity index (χ1) is 17.2. The molecule has 0 radical (unpaired) electrons. The summed E-state index contributed by atoms with van der Waals surface area (Å²) in [6, 6.07) is 0. The van der Waals surface area contributed by atoms with Gasteiger partial charge in [-0.15, -0.1) is 0 Å². The summed E-state index contributed by atoms with van der Waals surface area (Å²) in [7, 11) is 0. The third-order valence-corrected chi connectivity index (χ3v) is 11.2. The van der Waals surface area contributed by atoms with Crippen molar-refractivity contribution in [3.63, 3.8) is 0 Å². The Morgan fingerprint density at radius 1 is 1.11 bits per heavy atom. The molecule has 6 fully saturated rings. The van der Waals surface area contributed by atoms with Gasteiger partial charge in [0, 0.05) is 17.1 Å². The normalized spacial score (nSPS) is 52.2. The molecule has 0 aromatic heterocycles. The molecule has 11 atom stereocenters. The molecule has 37 heavy (non-hydrogen) atoms. The first kappa shape index (κ1) is 25.3. The SMILES string of the molecule is C=C(C(=O)OC1C2OC23C(C2OC(=O)C(=C)C2CCC3(C)O)C1(C)O)C1CCC2(C)CCCC(=C)C2C1. The lowest BCUT2D eigenvalue weighted by molar-refractivity contribution is -0.192. The minimum atomic E-state index is -1.58. The van der Waals surface area contributed by atoms with Crippen LogP contribution in [0.3, 0.4) is 0 Å². The van der Waals surface area contributed by atoms with Gasteiger partial charge < -0.3 is 24.4 Å². The van der Waals surface area contributed by atoms with Gasteiger partial charge in [0.1, 0.15) is 23.4 Å². The Kier molecular flexibility index (Phi) is 5.34. The molecule has 0 aromatic carbocycles. The first-order valence-corrected chi connectivity index (χ1v) is 13.8. The molecule has 11 unspecified atom stereocenters. The lowest BCUT2D eigenvalue weighted by Gasteiger charge is -2.49. The summed E-state index contributed by atoms with van der Waals surface area (Å²) in [4.78, 5) is 25.9. The van der Waals surface area contributed by atoms with E-state index in [4.69, 9.17) is 14.2 Å². The molecule has 0 bridgehead atoms. The highest BCUT2D eigenvalue weighted by atomic mass is 16.7. The maximum Gasteiger partial charge on any atom is 0.334 e. The van der Waals surface area contributed by atoms with E-state index in [-0.39, 0.29) is 17.3 Å². The van der Waals surface area contributed by atoms with Gasteiger partial charge in [-0.05, 0) is 82.5 Å². The number of esters is 2. The highest BCUT2D eigenvalue weighted by molar-refractivity contribution is 5.91. The summed E-state index contributed by atoms with van der Waals surface area (Å²) in [6.45, 7) is 18.0. The van der Waals surface area contributed by atoms with Crippen molar-refractivity contribution >= 4 is 11.9 Å². The molecule has 7 nitrogen and oxygen atoms in total. The van der Waals surface area contributed by atoms with E-state index in [1.807, 2.05) is 0 Å². The van der Waals surface area contributed by atoms with Crippen molar-refractivity contribution in [2.24, 2.45) is 29.1 Å². The van der Waals surface area contributed by atoms with Gasteiger partial charge in [0.15, 0.2) is 6.10 Å². The topological polar surface area (TPSA) is 106 Å². The van der Waals surface area contributed by atoms with Crippen molar-refractivity contribution in [3.05, 3.63) is 36.5 Å². The van der Waals surface area contributed by atoms with Crippen LogP contribution in [0.15, 0.2) is 36.5 Å². The van der Waals surface area contributed by atoms with E-state index >= 15 is 0 Å². The number of carbonyl (C=O) groups is 2. The molecule has 0 aromatic rings. The van der Waals surface area contributed by atoms with Crippen molar-refractivity contribution in [2.45, 2.75) is 107 Å². The lowest BCUT2D eigenvalue weighted by Crippen LogP contribution is -2.57. The molecule has 2 aliphatic heterocycles. The molecule has 6 rings (SSSR count). The molecule has 4 saturated carbocycles. The van der Waals surface area contributed by atoms with E-state index in [1.54, 1.807) is 13.8 Å². The van der Waals surface area contributed by atoms with Crippen LogP contribution in [0.4, 0.5) is 0 Å². The summed E-state index contributed by atoms with van der Waals surface area (Å²) >= 11 is 0. The van der Waals surface area contributed by atoms with Gasteiger partial charge in [0.2, 0.25) is 0 Å². The summed E-state index contributed by atoms with van der Waals surface area (Å²) in [5, 5.41) is 23.4. The lowest BCUT2D eigenvalue weighted by atomic mass is 9.56. The van der Waals surface area contributed by atoms with Crippen LogP contribution in [0.25, 0.3) is 0 Å². The van der Waals surface area contributed by atoms with E-state index in [0.717, 1.165) is 25.7 Å². The average molecular weight is 513 g/mol. The number of fused-ring (bicyclic) bond motifs is 3. The van der Waals surface area contributed by atoms with E-state index in [2.05, 4.69) is 26.7 Å². The second-order valence-corrected chi connectivity index (χ2v) is 13.4. The number of epoxide rings is 1. The highest BCUT2D eigenvalue weighted by Crippen LogP contribution is 2.69. The second-order valence-electron chi connectivity index (χ2n) is 13.4. The molecular weight excluding hydrogens is 472 g/mol. The third-order valence-electron chi connectivity index (χ3n) is 11.2. The molecule has 2 heterocycles. The van der Waals surface area contributed by atoms with Gasteiger partial charge in [-0.1, -0.05) is 32.2 Å². The van der Waals surface area contributed by atoms with Crippen molar-refractivity contribution in [1.29, 1.82) is 0 Å². The monoisotopic (exact) mass is 512 g/mol. The Morgan fingerprint density at radius 2 is 1.84 bits per heavy atom. The van der Waals surface area contributed by atoms with Crippen LogP contribution < -0.4 is 0 Å². The van der Waals surface area contributed by atoms with Crippen LogP contribution in [-0.4, -0.2) is 57.3 Å². The molecule has 1 spiro atoms. The zero-order valence-corrected chi connectivity index (χ0v) is 22.3. The zero-order valence-electron chi connectivity index (χ0n) is 22.3. The van der Waals surface area contributed by atoms with Gasteiger partial charge in [-0.2, -0.15) is 0 Å². The number of hydrogen-bond acceptors (Lipinski definition) is 7. The Labute approximate surface area is 218 Å². The summed E-state index contributed by atoms with van der Waals surface area (Å²) in [5.74, 6) is -1.74. The summed E-state index contributed by atoms with van der Waals surface area (Å²) in [5.41, 5.74) is -1.76. The summed E-state index contributed by atoms with van der Waals surface area (Å²) in [6.07, 6.45) is 4.58. The number of carbonyl (C=O) groups excluding carboxylic acids is 2. The second kappa shape index (κ2) is 7.80. The molecular formula is C30H40O7. The van der Waals surface area contributed by atoms with Crippen LogP contribution in [0.5, 0.6) is 0 Å². The minimum Gasteiger partial charge on any atom is -0.458 e. The summed E-state index contributed by atoms with van der Waals surface area (Å²) < 4.78 is 17.8. The van der Waals surface area contributed by atoms with E-state index in [0.29, 0.717) is 29.9 Å². The predicted molar refractivity (Wildman–Crippen MR) is 135 cm³/mol. The van der Waals surface area contributed by atoms with Crippen LogP contribution in [0.2, 0.25) is 0 Å². The molecule has 4 aliphatic carbocycles. The molecule has 0 amide bonds. The van der Waals surface area contributed by atoms with Gasteiger partial charge >= 0.3 is 11.9 Å². The Balaban J connectivity index is 1.23. The Hall–Kier alpha value is -1.96. The number of aliphatic hydroxyl groups is 2. The largest absolute Gasteiger partial charge is 0.458 e. The van der Waals surface area contributed by atoms with Crippen LogP contribution in [0.1, 0.15) is 72.1 Å². The van der Waals surface area contributed by atoms with Crippen molar-refractivity contribution in [3.8, 4) is 0 Å². The van der Waals surface area contributed by atoms with Crippen molar-refractivity contribution in [2.75, 3.05) is 0 Å². The Bertz CT molecular complexity index is 1100. The maximum atomic E-state index is 13.5. The van der Waals surface area contributed by atoms with Gasteiger partial charge in [0.25, 0.3) is 0 Å². The number of hydrogen-bond donors (Lipinski definition) is 2. The fraction of sp³-hybridized carbons (Fsp3) is 0.733. The predicted octanol–water partition coefficient (Wildman–Crippen LogP) is 3.78. The zero-order chi connectivity index (χ0) is 26.7. The fourth-order valence-electron chi connectivity index (χ4n) is 8.95. The molecule has 2 N–H and O–H groups in total. The highest BCUT2D eigenvalue weighted by Gasteiger charge is 2.87. The van der Waals surface area contributed by atoms with Gasteiger partial charge in [-0.3, -0.25) is 0 Å². The van der Waals surface area contributed by atoms with Crippen molar-refractivity contribution in [1.82, 2.24) is 0 Å². The first-order valence-electron chi connectivity index (χ1n) is 13.8. The molecule has 2 saturated heterocycles. The van der Waals surface area contributed by atoms with E-state index < -0.39 is 53.0 Å². The third kappa shape index (κ3) is 3.29. The van der Waals surface area contributed by atoms with E-state index in [9.17, 15) is 19.8 Å². The van der Waals surface area contributed by atoms with E-state index in [1.165, 1.54) is 18.4 Å². The molecule has 6 aliphatic rings. The number of allylic oxidation sites excluding steroid dienone is 1. The van der Waals surface area contributed by atoms with Gasteiger partial charge in [-0.25, -0.2) is 9.59 Å². The van der Waals surface area contributed by atoms with Crippen LogP contribution in [0, 0.1) is 29.1 Å². The maximum absolute atomic E-state index is 13.5. The van der Waals surface area contributed by atoms with Crippen LogP contribution >= 0.6 is 0 Å². The fourth-order valence-corrected chi connectivity index (χ4v) is 8.95. The average Bonchev–Trinajstić information content (AvgIpc) is 3.47. The van der Waals surface area contributed by atoms with Gasteiger partial charge in [0.05, 0.1) is 11.5 Å². The molecule has 202 valence electrons. The van der Waals surface area contributed by atoms with Crippen LogP contribution in [-0.2, 0) is 23.8 Å². The number of ether oxygens (including phenoxy) is 3. The van der Waals surface area contributed by atoms with Crippen molar-refractivity contribution < 1.29 is 34.0 Å². The minimum absolute atomic E-state index is 0.00191. The quantitative estimate of drug-likeness (QED) is 0.257.